The molecule has 1 aliphatic carbocycles. The van der Waals surface area contributed by atoms with Crippen molar-refractivity contribution in [1.82, 2.24) is 10.2 Å². The fraction of sp³-hybridized carbons (Fsp3) is 1.00. The van der Waals surface area contributed by atoms with E-state index in [0.29, 0.717) is 11.7 Å². The Morgan fingerprint density at radius 1 is 1.00 bits per heavy atom. The molecule has 0 radical (unpaired) electrons. The zero-order chi connectivity index (χ0) is 13.4. The van der Waals surface area contributed by atoms with Crippen molar-refractivity contribution in [3.05, 3.63) is 0 Å². The second-order valence-corrected chi connectivity index (χ2v) is 7.70. The molecule has 3 saturated heterocycles. The fourth-order valence-electron chi connectivity index (χ4n) is 5.16. The summed E-state index contributed by atoms with van der Waals surface area (Å²) in [6, 6.07) is 0.772. The van der Waals surface area contributed by atoms with Crippen molar-refractivity contribution in [3.8, 4) is 0 Å². The molecule has 1 spiro atoms. The van der Waals surface area contributed by atoms with Gasteiger partial charge in [-0.3, -0.25) is 4.90 Å². The average Bonchev–Trinajstić information content (AvgIpc) is 3.04. The monoisotopic (exact) mass is 278 g/mol. The third kappa shape index (κ3) is 2.65. The van der Waals surface area contributed by atoms with Crippen molar-refractivity contribution in [1.29, 1.82) is 0 Å². The molecule has 20 heavy (non-hydrogen) atoms. The van der Waals surface area contributed by atoms with Crippen molar-refractivity contribution in [2.75, 3.05) is 26.2 Å². The van der Waals surface area contributed by atoms with Gasteiger partial charge in [-0.2, -0.15) is 0 Å². The number of hydrogen-bond acceptors (Lipinski definition) is 3. The van der Waals surface area contributed by atoms with Crippen LogP contribution in [0.3, 0.4) is 0 Å². The van der Waals surface area contributed by atoms with Gasteiger partial charge in [0.15, 0.2) is 0 Å². The summed E-state index contributed by atoms with van der Waals surface area (Å²) >= 11 is 0. The molecule has 4 aliphatic rings. The number of ether oxygens (including phenoxy) is 1. The molecule has 3 nitrogen and oxygen atoms in total. The first kappa shape index (κ1) is 13.5. The van der Waals surface area contributed by atoms with Crippen LogP contribution in [0.15, 0.2) is 0 Å². The van der Waals surface area contributed by atoms with Crippen molar-refractivity contribution < 1.29 is 4.74 Å². The molecule has 1 saturated carbocycles. The highest BCUT2D eigenvalue weighted by atomic mass is 16.5. The molecular formula is C17H30N2O. The van der Waals surface area contributed by atoms with Gasteiger partial charge in [0.25, 0.3) is 0 Å². The molecule has 0 aromatic heterocycles. The number of piperidine rings is 1. The molecule has 0 aromatic carbocycles. The summed E-state index contributed by atoms with van der Waals surface area (Å²) in [6.45, 7) is 5.00. The van der Waals surface area contributed by atoms with Gasteiger partial charge in [-0.25, -0.2) is 0 Å². The predicted molar refractivity (Wildman–Crippen MR) is 80.9 cm³/mol. The number of nitrogens with zero attached hydrogens (tertiary/aromatic N) is 1. The molecule has 3 heterocycles. The van der Waals surface area contributed by atoms with Crippen LogP contribution in [0.2, 0.25) is 0 Å². The molecule has 3 heteroatoms. The van der Waals surface area contributed by atoms with E-state index in [1.165, 1.54) is 84.0 Å². The molecule has 4 fully saturated rings. The zero-order valence-corrected chi connectivity index (χ0v) is 12.8. The first-order valence-electron chi connectivity index (χ1n) is 8.97. The van der Waals surface area contributed by atoms with E-state index >= 15 is 0 Å². The molecule has 4 rings (SSSR count). The van der Waals surface area contributed by atoms with E-state index in [9.17, 15) is 0 Å². The van der Waals surface area contributed by atoms with Crippen LogP contribution in [0.5, 0.6) is 0 Å². The predicted octanol–water partition coefficient (Wildman–Crippen LogP) is 2.55. The fourth-order valence-corrected chi connectivity index (χ4v) is 5.16. The minimum Gasteiger partial charge on any atom is -0.370 e. The van der Waals surface area contributed by atoms with Gasteiger partial charge in [0, 0.05) is 25.7 Å². The number of fused-ring (bicyclic) bond motifs is 1. The van der Waals surface area contributed by atoms with Crippen LogP contribution in [0, 0.1) is 5.92 Å². The first-order chi connectivity index (χ1) is 9.83. The van der Waals surface area contributed by atoms with E-state index < -0.39 is 0 Å². The maximum absolute atomic E-state index is 6.54. The Labute approximate surface area is 123 Å². The molecule has 114 valence electrons. The molecule has 0 aromatic rings. The van der Waals surface area contributed by atoms with Gasteiger partial charge in [0.1, 0.15) is 0 Å². The average molecular weight is 278 g/mol. The first-order valence-corrected chi connectivity index (χ1v) is 8.97. The van der Waals surface area contributed by atoms with Crippen LogP contribution >= 0.6 is 0 Å². The maximum Gasteiger partial charge on any atom is 0.0710 e. The van der Waals surface area contributed by atoms with Crippen molar-refractivity contribution in [3.63, 3.8) is 0 Å². The lowest BCUT2D eigenvalue weighted by atomic mass is 9.83. The van der Waals surface area contributed by atoms with Gasteiger partial charge in [0.2, 0.25) is 0 Å². The topological polar surface area (TPSA) is 24.5 Å². The van der Waals surface area contributed by atoms with Crippen LogP contribution < -0.4 is 5.32 Å². The second kappa shape index (κ2) is 5.58. The highest BCUT2D eigenvalue weighted by molar-refractivity contribution is 4.95. The minimum absolute atomic E-state index is 0.299. The molecule has 3 aliphatic heterocycles. The summed E-state index contributed by atoms with van der Waals surface area (Å²) in [7, 11) is 0. The number of rotatable bonds is 2. The third-order valence-electron chi connectivity index (χ3n) is 6.24. The molecule has 0 amide bonds. The molecule has 3 unspecified atom stereocenters. The summed E-state index contributed by atoms with van der Waals surface area (Å²) in [5.41, 5.74) is 0.299. The van der Waals surface area contributed by atoms with Gasteiger partial charge in [-0.05, 0) is 51.0 Å². The van der Waals surface area contributed by atoms with Crippen LogP contribution in [0.4, 0.5) is 0 Å². The van der Waals surface area contributed by atoms with E-state index in [1.807, 2.05) is 0 Å². The number of hydrogen-bond donors (Lipinski definition) is 1. The molecule has 3 atom stereocenters. The van der Waals surface area contributed by atoms with Crippen molar-refractivity contribution >= 4 is 0 Å². The van der Waals surface area contributed by atoms with Crippen LogP contribution in [0.25, 0.3) is 0 Å². The summed E-state index contributed by atoms with van der Waals surface area (Å²) in [5, 5.41) is 3.71. The third-order valence-corrected chi connectivity index (χ3v) is 6.24. The lowest BCUT2D eigenvalue weighted by molar-refractivity contribution is -0.0706. The smallest absolute Gasteiger partial charge is 0.0710 e. The normalized spacial score (nSPS) is 41.1. The molecule has 1 N–H and O–H groups in total. The van der Waals surface area contributed by atoms with Gasteiger partial charge < -0.3 is 10.1 Å². The van der Waals surface area contributed by atoms with Gasteiger partial charge in [-0.1, -0.05) is 19.3 Å². The van der Waals surface area contributed by atoms with Crippen LogP contribution in [-0.4, -0.2) is 48.8 Å². The van der Waals surface area contributed by atoms with E-state index in [4.69, 9.17) is 4.74 Å². The number of nitrogens with one attached hydrogen (secondary N) is 1. The van der Waals surface area contributed by atoms with Gasteiger partial charge in [-0.15, -0.1) is 0 Å². The number of likely N-dealkylation sites (tertiary alicyclic amines) is 1. The highest BCUT2D eigenvalue weighted by Crippen LogP contribution is 2.42. The Morgan fingerprint density at radius 3 is 2.75 bits per heavy atom. The second-order valence-electron chi connectivity index (χ2n) is 7.70. The van der Waals surface area contributed by atoms with Crippen molar-refractivity contribution in [2.24, 2.45) is 5.92 Å². The van der Waals surface area contributed by atoms with Crippen LogP contribution in [-0.2, 0) is 4.74 Å². The summed E-state index contributed by atoms with van der Waals surface area (Å²) < 4.78 is 6.54. The van der Waals surface area contributed by atoms with E-state index in [0.717, 1.165) is 12.0 Å². The summed E-state index contributed by atoms with van der Waals surface area (Å²) in [5.74, 6) is 0.911. The Morgan fingerprint density at radius 2 is 1.90 bits per heavy atom. The Balaban J connectivity index is 1.30. The minimum atomic E-state index is 0.299. The Bertz CT molecular complexity index is 326. The largest absolute Gasteiger partial charge is 0.370 e. The van der Waals surface area contributed by atoms with E-state index in [-0.39, 0.29) is 0 Å². The van der Waals surface area contributed by atoms with Crippen molar-refractivity contribution in [2.45, 2.75) is 75.5 Å². The highest BCUT2D eigenvalue weighted by Gasteiger charge is 2.42. The van der Waals surface area contributed by atoms with E-state index in [2.05, 4.69) is 10.2 Å². The van der Waals surface area contributed by atoms with Gasteiger partial charge in [0.05, 0.1) is 11.7 Å². The standard InChI is InChI=1S/C17H30N2O/c1-2-7-17(8-3-1)9-6-15(20-17)12-19-11-14-5-4-10-18-16(14)13-19/h14-16,18H,1-13H2. The maximum atomic E-state index is 6.54. The Kier molecular flexibility index (Phi) is 3.78. The molecular weight excluding hydrogens is 248 g/mol. The van der Waals surface area contributed by atoms with Gasteiger partial charge >= 0.3 is 0 Å². The summed E-state index contributed by atoms with van der Waals surface area (Å²) in [6.07, 6.45) is 12.8. The zero-order valence-electron chi connectivity index (χ0n) is 12.8. The van der Waals surface area contributed by atoms with Crippen LogP contribution in [0.1, 0.15) is 57.8 Å². The lowest BCUT2D eigenvalue weighted by Gasteiger charge is -2.34. The van der Waals surface area contributed by atoms with E-state index in [1.54, 1.807) is 0 Å². The molecule has 0 bridgehead atoms. The lowest BCUT2D eigenvalue weighted by Crippen LogP contribution is -2.41. The SMILES string of the molecule is C1CCC2(CC1)CCC(CN1CC3CCCNC3C1)O2. The quantitative estimate of drug-likeness (QED) is 0.840. The summed E-state index contributed by atoms with van der Waals surface area (Å²) in [4.78, 5) is 2.68. The Hall–Kier alpha value is -0.120.